The third-order valence-electron chi connectivity index (χ3n) is 4.38. The van der Waals surface area contributed by atoms with E-state index in [1.54, 1.807) is 24.3 Å². The van der Waals surface area contributed by atoms with E-state index in [0.29, 0.717) is 0 Å². The Labute approximate surface area is 146 Å². The monoisotopic (exact) mass is 352 g/mol. The van der Waals surface area contributed by atoms with Crippen LogP contribution in [0.5, 0.6) is 11.5 Å². The fraction of sp³-hybridized carbons (Fsp3) is 0.105. The largest absolute Gasteiger partial charge is 0.495 e. The van der Waals surface area contributed by atoms with Crippen LogP contribution in [0.4, 0.5) is 0 Å². The summed E-state index contributed by atoms with van der Waals surface area (Å²) in [5, 5.41) is 9.47. The van der Waals surface area contributed by atoms with E-state index in [9.17, 15) is 19.5 Å². The molecule has 0 atom stereocenters. The summed E-state index contributed by atoms with van der Waals surface area (Å²) in [6.45, 7) is 0. The highest BCUT2D eigenvalue weighted by Gasteiger charge is 2.38. The summed E-state index contributed by atoms with van der Waals surface area (Å²) in [7, 11) is 2.66. The molecule has 0 saturated carbocycles. The average molecular weight is 352 g/mol. The molecular formula is C19H12O7. The topological polar surface area (TPSA) is 103 Å². The van der Waals surface area contributed by atoms with E-state index in [-0.39, 0.29) is 50.5 Å². The van der Waals surface area contributed by atoms with Crippen LogP contribution in [0.15, 0.2) is 34.7 Å². The molecule has 26 heavy (non-hydrogen) atoms. The summed E-state index contributed by atoms with van der Waals surface area (Å²) >= 11 is 0. The van der Waals surface area contributed by atoms with Crippen molar-refractivity contribution in [2.45, 2.75) is 0 Å². The number of benzene rings is 2. The SMILES string of the molecule is COc1c2c(c(OC)c3oc(C(=O)O)cc13)C(=O)c1ccccc1C2=O. The van der Waals surface area contributed by atoms with E-state index >= 15 is 0 Å². The molecule has 0 radical (unpaired) electrons. The Morgan fingerprint density at radius 3 is 2.00 bits per heavy atom. The van der Waals surface area contributed by atoms with Crippen molar-refractivity contribution in [3.05, 3.63) is 58.3 Å². The number of fused-ring (bicyclic) bond motifs is 3. The first-order valence-electron chi connectivity index (χ1n) is 7.62. The minimum atomic E-state index is -1.29. The van der Waals surface area contributed by atoms with Crippen molar-refractivity contribution in [3.63, 3.8) is 0 Å². The molecule has 4 rings (SSSR count). The van der Waals surface area contributed by atoms with Gasteiger partial charge in [0, 0.05) is 17.2 Å². The first-order chi connectivity index (χ1) is 12.5. The normalized spacial score (nSPS) is 12.7. The number of carbonyl (C=O) groups excluding carboxylic acids is 2. The molecule has 0 unspecified atom stereocenters. The predicted octanol–water partition coefficient (Wildman–Crippen LogP) is 2.92. The van der Waals surface area contributed by atoms with Crippen molar-refractivity contribution in [2.75, 3.05) is 14.2 Å². The molecule has 1 N–H and O–H groups in total. The highest BCUT2D eigenvalue weighted by atomic mass is 16.5. The molecule has 2 aromatic carbocycles. The fourth-order valence-corrected chi connectivity index (χ4v) is 3.30. The zero-order valence-electron chi connectivity index (χ0n) is 13.8. The van der Waals surface area contributed by atoms with Crippen LogP contribution in [0.1, 0.15) is 42.4 Å². The average Bonchev–Trinajstić information content (AvgIpc) is 3.09. The summed E-state index contributed by atoms with van der Waals surface area (Å²) in [5.41, 5.74) is 0.590. The van der Waals surface area contributed by atoms with Gasteiger partial charge in [0.2, 0.25) is 5.76 Å². The van der Waals surface area contributed by atoms with E-state index in [1.807, 2.05) is 0 Å². The number of carboxylic acid groups (broad SMARTS) is 1. The number of ketones is 2. The molecule has 1 aliphatic carbocycles. The van der Waals surface area contributed by atoms with Gasteiger partial charge in [-0.25, -0.2) is 4.79 Å². The van der Waals surface area contributed by atoms with Crippen molar-refractivity contribution >= 4 is 28.5 Å². The minimum Gasteiger partial charge on any atom is -0.495 e. The molecule has 0 fully saturated rings. The highest BCUT2D eigenvalue weighted by molar-refractivity contribution is 6.32. The maximum atomic E-state index is 13.1. The summed E-state index contributed by atoms with van der Waals surface area (Å²) in [6.07, 6.45) is 0. The number of aromatic carboxylic acids is 1. The van der Waals surface area contributed by atoms with E-state index < -0.39 is 17.5 Å². The molecule has 0 amide bonds. The lowest BCUT2D eigenvalue weighted by Crippen LogP contribution is -2.22. The number of hydrogen-bond donors (Lipinski definition) is 1. The smallest absolute Gasteiger partial charge is 0.371 e. The van der Waals surface area contributed by atoms with Crippen LogP contribution in [-0.4, -0.2) is 36.9 Å². The summed E-state index contributed by atoms with van der Waals surface area (Å²) in [5.74, 6) is -2.36. The van der Waals surface area contributed by atoms with E-state index in [1.165, 1.54) is 20.3 Å². The number of rotatable bonds is 3. The second-order valence-electron chi connectivity index (χ2n) is 5.68. The Kier molecular flexibility index (Phi) is 3.33. The van der Waals surface area contributed by atoms with Gasteiger partial charge >= 0.3 is 5.97 Å². The summed E-state index contributed by atoms with van der Waals surface area (Å²) < 4.78 is 16.1. The standard InChI is InChI=1S/C19H12O7/c1-24-16-10-7-11(19(22)23)26-17(10)18(25-2)13-12(16)14(20)8-5-3-4-6-9(8)15(13)21/h3-7H,1-2H3,(H,22,23). The first kappa shape index (κ1) is 15.9. The molecule has 3 aromatic rings. The summed E-state index contributed by atoms with van der Waals surface area (Å²) in [4.78, 5) is 37.4. The van der Waals surface area contributed by atoms with Gasteiger partial charge in [0.25, 0.3) is 0 Å². The molecule has 0 bridgehead atoms. The molecule has 0 saturated heterocycles. The molecular weight excluding hydrogens is 340 g/mol. The van der Waals surface area contributed by atoms with Crippen LogP contribution in [0.25, 0.3) is 11.0 Å². The van der Waals surface area contributed by atoms with E-state index in [0.717, 1.165) is 0 Å². The van der Waals surface area contributed by atoms with Crippen LogP contribution >= 0.6 is 0 Å². The zero-order chi connectivity index (χ0) is 18.6. The molecule has 7 heteroatoms. The predicted molar refractivity (Wildman–Crippen MR) is 89.6 cm³/mol. The quantitative estimate of drug-likeness (QED) is 0.604. The number of carboxylic acids is 1. The van der Waals surface area contributed by atoms with Gasteiger partial charge in [0.1, 0.15) is 5.75 Å². The van der Waals surface area contributed by atoms with Crippen molar-refractivity contribution in [1.82, 2.24) is 0 Å². The third-order valence-corrected chi connectivity index (χ3v) is 4.38. The van der Waals surface area contributed by atoms with Crippen LogP contribution in [-0.2, 0) is 0 Å². The Balaban J connectivity index is 2.18. The summed E-state index contributed by atoms with van der Waals surface area (Å²) in [6, 6.07) is 7.69. The number of carbonyl (C=O) groups is 3. The van der Waals surface area contributed by atoms with Crippen LogP contribution < -0.4 is 9.47 Å². The van der Waals surface area contributed by atoms with Gasteiger partial charge in [-0.3, -0.25) is 9.59 Å². The van der Waals surface area contributed by atoms with Crippen LogP contribution in [0.2, 0.25) is 0 Å². The molecule has 1 aromatic heterocycles. The van der Waals surface area contributed by atoms with Gasteiger partial charge in [-0.1, -0.05) is 24.3 Å². The van der Waals surface area contributed by atoms with E-state index in [2.05, 4.69) is 0 Å². The molecule has 0 aliphatic heterocycles. The Morgan fingerprint density at radius 2 is 1.50 bits per heavy atom. The Hall–Kier alpha value is -3.61. The lowest BCUT2D eigenvalue weighted by atomic mass is 9.82. The number of furan rings is 1. The first-order valence-corrected chi connectivity index (χ1v) is 7.62. The number of ether oxygens (including phenoxy) is 2. The second-order valence-corrected chi connectivity index (χ2v) is 5.68. The van der Waals surface area contributed by atoms with E-state index in [4.69, 9.17) is 13.9 Å². The molecule has 7 nitrogen and oxygen atoms in total. The molecule has 0 spiro atoms. The fourth-order valence-electron chi connectivity index (χ4n) is 3.30. The Morgan fingerprint density at radius 1 is 0.962 bits per heavy atom. The van der Waals surface area contributed by atoms with Crippen molar-refractivity contribution in [3.8, 4) is 11.5 Å². The van der Waals surface area contributed by atoms with Crippen LogP contribution in [0.3, 0.4) is 0 Å². The maximum Gasteiger partial charge on any atom is 0.371 e. The van der Waals surface area contributed by atoms with Crippen molar-refractivity contribution in [2.24, 2.45) is 0 Å². The number of hydrogen-bond acceptors (Lipinski definition) is 6. The van der Waals surface area contributed by atoms with Gasteiger partial charge in [-0.05, 0) is 0 Å². The lowest BCUT2D eigenvalue weighted by molar-refractivity contribution is 0.0664. The molecule has 1 aliphatic rings. The molecule has 1 heterocycles. The maximum absolute atomic E-state index is 13.1. The van der Waals surface area contributed by atoms with Gasteiger partial charge in [0.05, 0.1) is 30.7 Å². The van der Waals surface area contributed by atoms with Gasteiger partial charge < -0.3 is 19.0 Å². The minimum absolute atomic E-state index is 0.00633. The van der Waals surface area contributed by atoms with Crippen molar-refractivity contribution < 1.29 is 33.4 Å². The van der Waals surface area contributed by atoms with Gasteiger partial charge in [0.15, 0.2) is 22.9 Å². The second kappa shape index (κ2) is 5.45. The lowest BCUT2D eigenvalue weighted by Gasteiger charge is -2.22. The number of methoxy groups -OCH3 is 2. The molecule has 130 valence electrons. The zero-order valence-corrected chi connectivity index (χ0v) is 13.8. The third kappa shape index (κ3) is 1.91. The van der Waals surface area contributed by atoms with Gasteiger partial charge in [-0.15, -0.1) is 0 Å². The Bertz CT molecular complexity index is 1040. The van der Waals surface area contributed by atoms with Gasteiger partial charge in [-0.2, -0.15) is 0 Å². The van der Waals surface area contributed by atoms with Crippen molar-refractivity contribution in [1.29, 1.82) is 0 Å². The van der Waals surface area contributed by atoms with Crippen LogP contribution in [0, 0.1) is 0 Å². The highest BCUT2D eigenvalue weighted by Crippen LogP contribution is 2.46.